The van der Waals surface area contributed by atoms with Gasteiger partial charge in [0, 0.05) is 39.6 Å². The minimum atomic E-state index is -0.509. The lowest BCUT2D eigenvalue weighted by molar-refractivity contribution is -0.134. The number of hydrogen-bond acceptors (Lipinski definition) is 4. The second-order valence-corrected chi connectivity index (χ2v) is 6.68. The molecule has 0 radical (unpaired) electrons. The highest BCUT2D eigenvalue weighted by molar-refractivity contribution is 5.96. The molecule has 7 heteroatoms. The standard InChI is InChI=1S/C19H28N4O3/c1-14(16-7-5-4-6-8-16)13-17(24)23-11-9-22(10-12-23)15(2)18(25)21-19(26)20-3/h4-8,14-15H,9-13H2,1-3H3,(H2,20,21,25,26). The molecule has 1 aromatic carbocycles. The number of imide groups is 1. The Morgan fingerprint density at radius 3 is 2.23 bits per heavy atom. The summed E-state index contributed by atoms with van der Waals surface area (Å²) in [5.74, 6) is -0.00992. The third kappa shape index (κ3) is 5.29. The molecule has 0 aromatic heterocycles. The van der Waals surface area contributed by atoms with Crippen LogP contribution in [0, 0.1) is 0 Å². The molecule has 0 spiro atoms. The number of amides is 4. The molecule has 142 valence electrons. The van der Waals surface area contributed by atoms with Crippen LogP contribution in [0.5, 0.6) is 0 Å². The molecule has 2 N–H and O–H groups in total. The predicted octanol–water partition coefficient (Wildman–Crippen LogP) is 1.17. The largest absolute Gasteiger partial charge is 0.341 e. The van der Waals surface area contributed by atoms with Crippen LogP contribution >= 0.6 is 0 Å². The van der Waals surface area contributed by atoms with Crippen LogP contribution in [-0.2, 0) is 9.59 Å². The quantitative estimate of drug-likeness (QED) is 0.826. The van der Waals surface area contributed by atoms with Gasteiger partial charge in [-0.25, -0.2) is 4.79 Å². The maximum atomic E-state index is 12.6. The van der Waals surface area contributed by atoms with Gasteiger partial charge in [0.2, 0.25) is 11.8 Å². The van der Waals surface area contributed by atoms with Gasteiger partial charge in [-0.15, -0.1) is 0 Å². The van der Waals surface area contributed by atoms with Gasteiger partial charge in [0.25, 0.3) is 0 Å². The van der Waals surface area contributed by atoms with Crippen molar-refractivity contribution in [2.45, 2.75) is 32.2 Å². The topological polar surface area (TPSA) is 81.8 Å². The smallest absolute Gasteiger partial charge is 0.321 e. The minimum Gasteiger partial charge on any atom is -0.341 e. The van der Waals surface area contributed by atoms with Crippen molar-refractivity contribution in [3.63, 3.8) is 0 Å². The summed E-state index contributed by atoms with van der Waals surface area (Å²) >= 11 is 0. The molecule has 1 fully saturated rings. The van der Waals surface area contributed by atoms with E-state index in [9.17, 15) is 14.4 Å². The highest BCUT2D eigenvalue weighted by Crippen LogP contribution is 2.20. The molecular weight excluding hydrogens is 332 g/mol. The highest BCUT2D eigenvalue weighted by atomic mass is 16.2. The fraction of sp³-hybridized carbons (Fsp3) is 0.526. The molecule has 1 aliphatic heterocycles. The first-order valence-electron chi connectivity index (χ1n) is 9.01. The Morgan fingerprint density at radius 1 is 1.04 bits per heavy atom. The van der Waals surface area contributed by atoms with Crippen molar-refractivity contribution < 1.29 is 14.4 Å². The maximum absolute atomic E-state index is 12.6. The first kappa shape index (κ1) is 19.9. The summed E-state index contributed by atoms with van der Waals surface area (Å²) in [7, 11) is 1.47. The first-order chi connectivity index (χ1) is 12.4. The molecule has 1 aromatic rings. The van der Waals surface area contributed by atoms with Crippen LogP contribution in [0.15, 0.2) is 30.3 Å². The number of nitrogens with one attached hydrogen (secondary N) is 2. The lowest BCUT2D eigenvalue weighted by atomic mass is 9.97. The van der Waals surface area contributed by atoms with Crippen molar-refractivity contribution in [3.8, 4) is 0 Å². The molecule has 26 heavy (non-hydrogen) atoms. The average Bonchev–Trinajstić information content (AvgIpc) is 2.67. The van der Waals surface area contributed by atoms with Crippen molar-refractivity contribution in [1.82, 2.24) is 20.4 Å². The number of benzene rings is 1. The number of piperazine rings is 1. The number of rotatable bonds is 5. The number of carbonyl (C=O) groups is 3. The summed E-state index contributed by atoms with van der Waals surface area (Å²) < 4.78 is 0. The lowest BCUT2D eigenvalue weighted by Gasteiger charge is -2.37. The third-order valence-corrected chi connectivity index (χ3v) is 4.91. The molecule has 4 amide bonds. The lowest BCUT2D eigenvalue weighted by Crippen LogP contribution is -2.56. The molecule has 2 rings (SSSR count). The first-order valence-corrected chi connectivity index (χ1v) is 9.01. The van der Waals surface area contributed by atoms with Gasteiger partial charge in [-0.2, -0.15) is 0 Å². The van der Waals surface area contributed by atoms with Crippen LogP contribution in [0.25, 0.3) is 0 Å². The SMILES string of the molecule is CNC(=O)NC(=O)C(C)N1CCN(C(=O)CC(C)c2ccccc2)CC1. The van der Waals surface area contributed by atoms with E-state index in [0.717, 1.165) is 0 Å². The minimum absolute atomic E-state index is 0.142. The van der Waals surface area contributed by atoms with Gasteiger partial charge in [-0.3, -0.25) is 19.8 Å². The molecule has 0 bridgehead atoms. The zero-order valence-electron chi connectivity index (χ0n) is 15.7. The van der Waals surface area contributed by atoms with Crippen LogP contribution in [0.2, 0.25) is 0 Å². The molecule has 2 unspecified atom stereocenters. The van der Waals surface area contributed by atoms with Gasteiger partial charge in [-0.1, -0.05) is 37.3 Å². The molecule has 1 heterocycles. The number of carbonyl (C=O) groups excluding carboxylic acids is 3. The maximum Gasteiger partial charge on any atom is 0.321 e. The van der Waals surface area contributed by atoms with Gasteiger partial charge >= 0.3 is 6.03 Å². The average molecular weight is 360 g/mol. The zero-order chi connectivity index (χ0) is 19.1. The summed E-state index contributed by atoms with van der Waals surface area (Å²) in [6.45, 7) is 6.26. The van der Waals surface area contributed by atoms with E-state index in [4.69, 9.17) is 0 Å². The van der Waals surface area contributed by atoms with Crippen LogP contribution in [0.3, 0.4) is 0 Å². The number of urea groups is 1. The van der Waals surface area contributed by atoms with E-state index in [1.165, 1.54) is 12.6 Å². The Balaban J connectivity index is 1.81. The van der Waals surface area contributed by atoms with Crippen molar-refractivity contribution >= 4 is 17.8 Å². The summed E-state index contributed by atoms with van der Waals surface area (Å²) in [6, 6.07) is 9.11. The molecule has 0 aliphatic carbocycles. The molecule has 2 atom stereocenters. The molecule has 1 aliphatic rings. The number of nitrogens with zero attached hydrogens (tertiary/aromatic N) is 2. The summed E-state index contributed by atoms with van der Waals surface area (Å²) in [5.41, 5.74) is 1.17. The van der Waals surface area contributed by atoms with Crippen molar-refractivity contribution in [1.29, 1.82) is 0 Å². The molecule has 1 saturated heterocycles. The van der Waals surface area contributed by atoms with E-state index in [0.29, 0.717) is 32.6 Å². The van der Waals surface area contributed by atoms with E-state index in [1.54, 1.807) is 6.92 Å². The fourth-order valence-corrected chi connectivity index (χ4v) is 3.09. The Kier molecular flexibility index (Phi) is 7.15. The molecular formula is C19H28N4O3. The van der Waals surface area contributed by atoms with Crippen LogP contribution < -0.4 is 10.6 Å². The van der Waals surface area contributed by atoms with Crippen LogP contribution in [0.1, 0.15) is 31.7 Å². The predicted molar refractivity (Wildman–Crippen MR) is 99.7 cm³/mol. The molecule has 7 nitrogen and oxygen atoms in total. The Bertz CT molecular complexity index is 627. The van der Waals surface area contributed by atoms with E-state index >= 15 is 0 Å². The van der Waals surface area contributed by atoms with E-state index in [-0.39, 0.29) is 17.7 Å². The Morgan fingerprint density at radius 2 is 1.65 bits per heavy atom. The second kappa shape index (κ2) is 9.33. The third-order valence-electron chi connectivity index (χ3n) is 4.91. The monoisotopic (exact) mass is 360 g/mol. The highest BCUT2D eigenvalue weighted by Gasteiger charge is 2.28. The Hall–Kier alpha value is -2.41. The summed E-state index contributed by atoms with van der Waals surface area (Å²) in [6.07, 6.45) is 0.483. The van der Waals surface area contributed by atoms with Gasteiger partial charge in [-0.05, 0) is 18.4 Å². The normalized spacial score (nSPS) is 17.3. The van der Waals surface area contributed by atoms with Crippen LogP contribution in [0.4, 0.5) is 4.79 Å². The van der Waals surface area contributed by atoms with Crippen LogP contribution in [-0.4, -0.2) is 66.9 Å². The van der Waals surface area contributed by atoms with E-state index in [2.05, 4.69) is 17.6 Å². The number of hydrogen-bond donors (Lipinski definition) is 2. The fourth-order valence-electron chi connectivity index (χ4n) is 3.09. The van der Waals surface area contributed by atoms with Crippen molar-refractivity contribution in [2.75, 3.05) is 33.2 Å². The second-order valence-electron chi connectivity index (χ2n) is 6.68. The summed E-state index contributed by atoms with van der Waals surface area (Å²) in [5, 5.41) is 4.66. The van der Waals surface area contributed by atoms with E-state index < -0.39 is 12.1 Å². The van der Waals surface area contributed by atoms with Gasteiger partial charge < -0.3 is 10.2 Å². The van der Waals surface area contributed by atoms with Gasteiger partial charge in [0.15, 0.2) is 0 Å². The van der Waals surface area contributed by atoms with Gasteiger partial charge in [0.1, 0.15) is 0 Å². The molecule has 0 saturated carbocycles. The van der Waals surface area contributed by atoms with Gasteiger partial charge in [0.05, 0.1) is 6.04 Å². The van der Waals surface area contributed by atoms with Crippen molar-refractivity contribution in [2.24, 2.45) is 0 Å². The summed E-state index contributed by atoms with van der Waals surface area (Å²) in [4.78, 5) is 39.7. The van der Waals surface area contributed by atoms with E-state index in [1.807, 2.05) is 40.1 Å². The Labute approximate surface area is 154 Å². The van der Waals surface area contributed by atoms with Crippen molar-refractivity contribution in [3.05, 3.63) is 35.9 Å². The zero-order valence-corrected chi connectivity index (χ0v) is 15.7.